The average Bonchev–Trinajstić information content (AvgIpc) is 2.95. The van der Waals surface area contributed by atoms with Gasteiger partial charge in [0.05, 0.1) is 0 Å². The molecule has 4 rings (SSSR count). The van der Waals surface area contributed by atoms with Gasteiger partial charge >= 0.3 is 0 Å². The van der Waals surface area contributed by atoms with Crippen LogP contribution in [0.1, 0.15) is 33.5 Å². The number of aliphatic hydroxyl groups excluding tert-OH is 1. The number of Topliss-reactive ketones (excluding diaryl/α,β-unsaturated/α-hetero) is 1. The molecule has 2 nitrogen and oxygen atoms in total. The van der Waals surface area contributed by atoms with Crippen LogP contribution in [0.25, 0.3) is 11.1 Å². The van der Waals surface area contributed by atoms with Gasteiger partial charge in [-0.1, -0.05) is 48.5 Å². The van der Waals surface area contributed by atoms with Crippen molar-refractivity contribution in [3.8, 4) is 0 Å². The summed E-state index contributed by atoms with van der Waals surface area (Å²) in [5, 5.41) is 9.98. The molecular weight excluding hydrogens is 260 g/mol. The predicted octanol–water partition coefficient (Wildman–Crippen LogP) is 4.18. The molecule has 0 amide bonds. The Morgan fingerprint density at radius 3 is 2.29 bits per heavy atom. The molecule has 0 radical (unpaired) electrons. The Hall–Kier alpha value is -2.61. The molecule has 0 aromatic heterocycles. The van der Waals surface area contributed by atoms with Crippen LogP contribution in [0.15, 0.2) is 60.4 Å². The smallest absolute Gasteiger partial charge is 0.227 e. The van der Waals surface area contributed by atoms with Crippen LogP contribution >= 0.6 is 0 Å². The monoisotopic (exact) mass is 274 g/mol. The number of carbonyl (C=O) groups is 1. The maximum atomic E-state index is 12.1. The fourth-order valence-corrected chi connectivity index (χ4v) is 3.29. The second-order valence-electron chi connectivity index (χ2n) is 5.45. The maximum Gasteiger partial charge on any atom is 0.227 e. The summed E-state index contributed by atoms with van der Waals surface area (Å²) in [6, 6.07) is 15.9. The number of allylic oxidation sites excluding steroid dienone is 4. The van der Waals surface area contributed by atoms with Crippen molar-refractivity contribution in [3.05, 3.63) is 82.6 Å². The van der Waals surface area contributed by atoms with Crippen LogP contribution in [0.5, 0.6) is 0 Å². The van der Waals surface area contributed by atoms with E-state index in [1.807, 2.05) is 24.3 Å². The lowest BCUT2D eigenvalue weighted by Crippen LogP contribution is -2.11. The van der Waals surface area contributed by atoms with Gasteiger partial charge in [0.1, 0.15) is 0 Å². The lowest BCUT2D eigenvalue weighted by atomic mass is 9.86. The minimum absolute atomic E-state index is 0.166. The van der Waals surface area contributed by atoms with E-state index in [9.17, 15) is 9.90 Å². The number of aryl methyl sites for hydroxylation is 1. The molecule has 0 atom stereocenters. The van der Waals surface area contributed by atoms with Crippen molar-refractivity contribution in [3.63, 3.8) is 0 Å². The summed E-state index contributed by atoms with van der Waals surface area (Å²) in [4.78, 5) is 12.1. The highest BCUT2D eigenvalue weighted by atomic mass is 16.3. The minimum Gasteiger partial charge on any atom is -0.504 e. The molecule has 2 aromatic carbocycles. The van der Waals surface area contributed by atoms with E-state index in [0.717, 1.165) is 24.0 Å². The van der Waals surface area contributed by atoms with E-state index in [1.54, 1.807) is 12.1 Å². The molecule has 0 saturated heterocycles. The summed E-state index contributed by atoms with van der Waals surface area (Å²) in [6.07, 6.45) is 3.59. The van der Waals surface area contributed by atoms with Crippen molar-refractivity contribution < 1.29 is 9.90 Å². The van der Waals surface area contributed by atoms with E-state index in [1.165, 1.54) is 16.7 Å². The van der Waals surface area contributed by atoms with Crippen LogP contribution in [0.3, 0.4) is 0 Å². The first-order chi connectivity index (χ1) is 10.3. The Kier molecular flexibility index (Phi) is 2.58. The van der Waals surface area contributed by atoms with Gasteiger partial charge in [0, 0.05) is 5.56 Å². The maximum absolute atomic E-state index is 12.1. The van der Waals surface area contributed by atoms with Gasteiger partial charge in [-0.2, -0.15) is 0 Å². The SMILES string of the molecule is O=C1C(O)=C/C(=C2/CCc3ccccc32)c2ccccc21. The Bertz CT molecular complexity index is 825. The lowest BCUT2D eigenvalue weighted by molar-refractivity contribution is 0.0976. The van der Waals surface area contributed by atoms with E-state index in [0.29, 0.717) is 5.56 Å². The predicted molar refractivity (Wildman–Crippen MR) is 83.1 cm³/mol. The van der Waals surface area contributed by atoms with E-state index >= 15 is 0 Å². The molecule has 2 aliphatic carbocycles. The molecule has 0 spiro atoms. The first kappa shape index (κ1) is 12.2. The number of carbonyl (C=O) groups excluding carboxylic acids is 1. The number of ketones is 1. The lowest BCUT2D eigenvalue weighted by Gasteiger charge is -2.18. The molecular formula is C19H14O2. The second-order valence-corrected chi connectivity index (χ2v) is 5.45. The average molecular weight is 274 g/mol. The highest BCUT2D eigenvalue weighted by molar-refractivity contribution is 6.17. The van der Waals surface area contributed by atoms with E-state index in [-0.39, 0.29) is 11.5 Å². The van der Waals surface area contributed by atoms with Crippen molar-refractivity contribution in [1.29, 1.82) is 0 Å². The molecule has 102 valence electrons. The van der Waals surface area contributed by atoms with Gasteiger partial charge in [0.2, 0.25) is 5.78 Å². The van der Waals surface area contributed by atoms with Crippen molar-refractivity contribution in [1.82, 2.24) is 0 Å². The van der Waals surface area contributed by atoms with Crippen molar-refractivity contribution in [2.45, 2.75) is 12.8 Å². The van der Waals surface area contributed by atoms with Crippen LogP contribution in [-0.2, 0) is 6.42 Å². The van der Waals surface area contributed by atoms with Gasteiger partial charge in [0.15, 0.2) is 5.76 Å². The summed E-state index contributed by atoms with van der Waals surface area (Å²) in [6.45, 7) is 0. The summed E-state index contributed by atoms with van der Waals surface area (Å²) in [7, 11) is 0. The first-order valence-electron chi connectivity index (χ1n) is 7.12. The third kappa shape index (κ3) is 1.76. The van der Waals surface area contributed by atoms with Crippen molar-refractivity contribution >= 4 is 16.9 Å². The molecule has 0 aliphatic heterocycles. The summed E-state index contributed by atoms with van der Waals surface area (Å²) >= 11 is 0. The fraction of sp³-hybridized carbons (Fsp3) is 0.105. The molecule has 0 bridgehead atoms. The van der Waals surface area contributed by atoms with Gasteiger partial charge < -0.3 is 5.11 Å². The topological polar surface area (TPSA) is 37.3 Å². The summed E-state index contributed by atoms with van der Waals surface area (Å²) in [5.41, 5.74) is 6.28. The van der Waals surface area contributed by atoms with Gasteiger partial charge in [-0.15, -0.1) is 0 Å². The number of aliphatic hydroxyl groups is 1. The number of benzene rings is 2. The van der Waals surface area contributed by atoms with Crippen LogP contribution in [0, 0.1) is 0 Å². The standard InChI is InChI=1S/C19H14O2/c20-18-11-17(14-7-3-4-8-16(14)19(18)21)15-10-9-12-5-1-2-6-13(12)15/h1-8,11,20H,9-10H2/b17-15+. The van der Waals surface area contributed by atoms with Crippen molar-refractivity contribution in [2.24, 2.45) is 0 Å². The molecule has 1 N–H and O–H groups in total. The van der Waals surface area contributed by atoms with Crippen LogP contribution in [-0.4, -0.2) is 10.9 Å². The number of rotatable bonds is 0. The number of hydrogen-bond donors (Lipinski definition) is 1. The molecule has 0 fully saturated rings. The van der Waals surface area contributed by atoms with Gasteiger partial charge in [-0.25, -0.2) is 0 Å². The summed E-state index contributed by atoms with van der Waals surface area (Å²) in [5.74, 6) is -0.457. The molecule has 2 heteroatoms. The van der Waals surface area contributed by atoms with Crippen LogP contribution < -0.4 is 0 Å². The molecule has 0 heterocycles. The zero-order valence-corrected chi connectivity index (χ0v) is 11.5. The molecule has 2 aliphatic rings. The quantitative estimate of drug-likeness (QED) is 0.782. The highest BCUT2D eigenvalue weighted by Gasteiger charge is 2.27. The zero-order chi connectivity index (χ0) is 14.4. The third-order valence-electron chi connectivity index (χ3n) is 4.29. The van der Waals surface area contributed by atoms with Gasteiger partial charge in [0.25, 0.3) is 0 Å². The Labute approximate surface area is 123 Å². The first-order valence-corrected chi connectivity index (χ1v) is 7.12. The largest absolute Gasteiger partial charge is 0.504 e. The molecule has 0 unspecified atom stereocenters. The second kappa shape index (κ2) is 4.45. The van der Waals surface area contributed by atoms with Crippen LogP contribution in [0.2, 0.25) is 0 Å². The fourth-order valence-electron chi connectivity index (χ4n) is 3.29. The minimum atomic E-state index is -0.291. The molecule has 0 saturated carbocycles. The van der Waals surface area contributed by atoms with E-state index in [2.05, 4.69) is 18.2 Å². The van der Waals surface area contributed by atoms with E-state index in [4.69, 9.17) is 0 Å². The van der Waals surface area contributed by atoms with E-state index < -0.39 is 0 Å². The zero-order valence-electron chi connectivity index (χ0n) is 11.5. The number of fused-ring (bicyclic) bond motifs is 2. The van der Waals surface area contributed by atoms with Gasteiger partial charge in [-0.3, -0.25) is 4.79 Å². The number of hydrogen-bond acceptors (Lipinski definition) is 2. The Balaban J connectivity index is 2.01. The Morgan fingerprint density at radius 2 is 1.48 bits per heavy atom. The molecule has 2 aromatic rings. The summed E-state index contributed by atoms with van der Waals surface area (Å²) < 4.78 is 0. The highest BCUT2D eigenvalue weighted by Crippen LogP contribution is 2.41. The normalized spacial score (nSPS) is 20.0. The third-order valence-corrected chi connectivity index (χ3v) is 4.29. The Morgan fingerprint density at radius 1 is 0.810 bits per heavy atom. The van der Waals surface area contributed by atoms with Crippen LogP contribution in [0.4, 0.5) is 0 Å². The van der Waals surface area contributed by atoms with Gasteiger partial charge in [-0.05, 0) is 46.8 Å². The molecule has 21 heavy (non-hydrogen) atoms. The van der Waals surface area contributed by atoms with Crippen molar-refractivity contribution in [2.75, 3.05) is 0 Å².